The third kappa shape index (κ3) is 6.57. The highest BCUT2D eigenvalue weighted by atomic mass is 32.1. The summed E-state index contributed by atoms with van der Waals surface area (Å²) in [6, 6.07) is 12.9. The molecule has 2 aliphatic heterocycles. The minimum atomic E-state index is -0.429. The van der Waals surface area contributed by atoms with Gasteiger partial charge in [0.1, 0.15) is 0 Å². The van der Waals surface area contributed by atoms with E-state index in [4.69, 9.17) is 24.4 Å². The summed E-state index contributed by atoms with van der Waals surface area (Å²) in [6.07, 6.45) is 3.12. The first-order valence-electron chi connectivity index (χ1n) is 13.1. The maximum atomic E-state index is 12.3. The number of aromatic nitrogens is 5. The Morgan fingerprint density at radius 3 is 2.27 bits per heavy atom. The van der Waals surface area contributed by atoms with Crippen LogP contribution in [0.5, 0.6) is 0 Å². The molecule has 6 rings (SSSR count). The van der Waals surface area contributed by atoms with Crippen molar-refractivity contribution in [1.29, 1.82) is 0 Å². The van der Waals surface area contributed by atoms with Gasteiger partial charge in [-0.25, -0.2) is 19.7 Å². The molecular weight excluding hydrogens is 530 g/mol. The van der Waals surface area contributed by atoms with E-state index in [9.17, 15) is 4.79 Å². The first kappa shape index (κ1) is 26.2. The summed E-state index contributed by atoms with van der Waals surface area (Å²) in [6.45, 7) is 7.04. The lowest BCUT2D eigenvalue weighted by Crippen LogP contribution is -2.37. The average Bonchev–Trinajstić information content (AvgIpc) is 3.47. The quantitative estimate of drug-likeness (QED) is 0.348. The zero-order valence-electron chi connectivity index (χ0n) is 21.8. The number of carbonyl (C=O) groups excluding carboxylic acids is 1. The number of nitrogens with zero attached hydrogens (tertiary/aromatic N) is 7. The van der Waals surface area contributed by atoms with Crippen LogP contribution in [0.15, 0.2) is 54.9 Å². The molecule has 2 N–H and O–H groups in total. The van der Waals surface area contributed by atoms with E-state index in [1.165, 1.54) is 4.88 Å². The lowest BCUT2D eigenvalue weighted by Gasteiger charge is -2.27. The standard InChI is InChI=1S/C27H29N9O3S/c37-27(34-25-28-8-1-9-29-25)30-20-4-2-19(3-5-20)23-31-24(33-26(32-23)36-12-16-39-17-13-36)22-7-6-21(40-22)18-35-10-14-38-15-11-35/h1-9H,10-18H2,(H2,28,29,30,34,37). The van der Waals surface area contributed by atoms with Crippen molar-refractivity contribution in [2.45, 2.75) is 6.54 Å². The van der Waals surface area contributed by atoms with Crippen molar-refractivity contribution < 1.29 is 14.3 Å². The predicted molar refractivity (Wildman–Crippen MR) is 152 cm³/mol. The Hall–Kier alpha value is -4.04. The second-order valence-corrected chi connectivity index (χ2v) is 10.4. The van der Waals surface area contributed by atoms with Crippen LogP contribution in [0.25, 0.3) is 22.1 Å². The Labute approximate surface area is 235 Å². The van der Waals surface area contributed by atoms with Gasteiger partial charge in [0.05, 0.1) is 31.3 Å². The molecule has 2 fully saturated rings. The van der Waals surface area contributed by atoms with Crippen molar-refractivity contribution >= 4 is 35.0 Å². The van der Waals surface area contributed by atoms with Crippen LogP contribution in [0, 0.1) is 0 Å². The average molecular weight is 560 g/mol. The highest BCUT2D eigenvalue weighted by Gasteiger charge is 2.20. The number of ether oxygens (including phenoxy) is 2. The fraction of sp³-hybridized carbons (Fsp3) is 0.333. The maximum Gasteiger partial charge on any atom is 0.326 e. The van der Waals surface area contributed by atoms with Crippen LogP contribution in [0.1, 0.15) is 4.88 Å². The third-order valence-electron chi connectivity index (χ3n) is 6.47. The summed E-state index contributed by atoms with van der Waals surface area (Å²) >= 11 is 1.71. The number of thiophene rings is 1. The van der Waals surface area contributed by atoms with Crippen molar-refractivity contribution in [3.8, 4) is 22.1 Å². The second-order valence-electron chi connectivity index (χ2n) is 9.27. The molecule has 1 aromatic carbocycles. The summed E-state index contributed by atoms with van der Waals surface area (Å²) in [5, 5.41) is 5.39. The molecule has 2 aliphatic rings. The van der Waals surface area contributed by atoms with E-state index in [0.29, 0.717) is 36.5 Å². The van der Waals surface area contributed by atoms with Crippen LogP contribution in [0.3, 0.4) is 0 Å². The molecule has 5 heterocycles. The number of rotatable bonds is 7. The number of anilines is 3. The molecule has 0 atom stereocenters. The van der Waals surface area contributed by atoms with E-state index >= 15 is 0 Å². The van der Waals surface area contributed by atoms with Crippen molar-refractivity contribution in [1.82, 2.24) is 29.8 Å². The minimum absolute atomic E-state index is 0.228. The first-order valence-corrected chi connectivity index (χ1v) is 13.9. The molecule has 0 aliphatic carbocycles. The number of hydrogen-bond donors (Lipinski definition) is 2. The Bertz CT molecular complexity index is 1420. The highest BCUT2D eigenvalue weighted by molar-refractivity contribution is 7.15. The van der Waals surface area contributed by atoms with E-state index in [-0.39, 0.29) is 5.95 Å². The number of hydrogen-bond acceptors (Lipinski definition) is 11. The number of morpholine rings is 2. The van der Waals surface area contributed by atoms with Crippen LogP contribution in [0.4, 0.5) is 22.4 Å². The van der Waals surface area contributed by atoms with E-state index < -0.39 is 6.03 Å². The van der Waals surface area contributed by atoms with E-state index in [1.54, 1.807) is 29.8 Å². The molecule has 0 bridgehead atoms. The fourth-order valence-electron chi connectivity index (χ4n) is 4.40. The van der Waals surface area contributed by atoms with Crippen LogP contribution in [0.2, 0.25) is 0 Å². The molecule has 40 heavy (non-hydrogen) atoms. The number of carbonyl (C=O) groups is 1. The molecule has 12 nitrogen and oxygen atoms in total. The van der Waals surface area contributed by atoms with Gasteiger partial charge >= 0.3 is 6.03 Å². The van der Waals surface area contributed by atoms with Gasteiger partial charge in [0.2, 0.25) is 11.9 Å². The lowest BCUT2D eigenvalue weighted by molar-refractivity contribution is 0.0346. The molecule has 4 aromatic rings. The molecule has 0 unspecified atom stereocenters. The molecular formula is C27H29N9O3S. The van der Waals surface area contributed by atoms with Gasteiger partial charge in [-0.2, -0.15) is 9.97 Å². The summed E-state index contributed by atoms with van der Waals surface area (Å²) in [5.74, 6) is 2.08. The molecule has 0 spiro atoms. The van der Waals surface area contributed by atoms with Crippen LogP contribution in [-0.4, -0.2) is 88.5 Å². The second kappa shape index (κ2) is 12.4. The van der Waals surface area contributed by atoms with E-state index in [0.717, 1.165) is 56.4 Å². The topological polar surface area (TPSA) is 131 Å². The fourth-order valence-corrected chi connectivity index (χ4v) is 5.39. The molecule has 2 amide bonds. The summed E-state index contributed by atoms with van der Waals surface area (Å²) in [7, 11) is 0. The Balaban J connectivity index is 1.22. The normalized spacial score (nSPS) is 16.1. The highest BCUT2D eigenvalue weighted by Crippen LogP contribution is 2.30. The van der Waals surface area contributed by atoms with Crippen molar-refractivity contribution in [2.75, 3.05) is 68.1 Å². The number of nitrogens with one attached hydrogen (secondary N) is 2. The SMILES string of the molecule is O=C(Nc1ccc(-c2nc(-c3ccc(CN4CCOCC4)s3)nc(N3CCOCC3)n2)cc1)Nc1ncccn1. The summed E-state index contributed by atoms with van der Waals surface area (Å²) in [4.78, 5) is 41.7. The van der Waals surface area contributed by atoms with Gasteiger partial charge in [0.25, 0.3) is 0 Å². The van der Waals surface area contributed by atoms with Gasteiger partial charge in [0.15, 0.2) is 11.6 Å². The zero-order valence-corrected chi connectivity index (χ0v) is 22.6. The predicted octanol–water partition coefficient (Wildman–Crippen LogP) is 3.37. The van der Waals surface area contributed by atoms with Crippen molar-refractivity contribution in [3.05, 3.63) is 59.7 Å². The summed E-state index contributed by atoms with van der Waals surface area (Å²) < 4.78 is 11.0. The number of benzene rings is 1. The maximum absolute atomic E-state index is 12.3. The molecule has 206 valence electrons. The molecule has 3 aromatic heterocycles. The van der Waals surface area contributed by atoms with Crippen LogP contribution in [-0.2, 0) is 16.0 Å². The largest absolute Gasteiger partial charge is 0.379 e. The Morgan fingerprint density at radius 1 is 0.825 bits per heavy atom. The third-order valence-corrected chi connectivity index (χ3v) is 7.54. The van der Waals surface area contributed by atoms with Crippen LogP contribution >= 0.6 is 11.3 Å². The summed E-state index contributed by atoms with van der Waals surface area (Å²) in [5.41, 5.74) is 1.44. The van der Waals surface area contributed by atoms with Gasteiger partial charge < -0.3 is 19.7 Å². The minimum Gasteiger partial charge on any atom is -0.379 e. The van der Waals surface area contributed by atoms with Crippen molar-refractivity contribution in [2.24, 2.45) is 0 Å². The number of amides is 2. The molecule has 0 radical (unpaired) electrons. The van der Waals surface area contributed by atoms with E-state index in [1.807, 2.05) is 24.3 Å². The van der Waals surface area contributed by atoms with Crippen molar-refractivity contribution in [3.63, 3.8) is 0 Å². The Kier molecular flexibility index (Phi) is 8.14. The van der Waals surface area contributed by atoms with Gasteiger partial charge in [-0.1, -0.05) is 0 Å². The molecule has 13 heteroatoms. The zero-order chi connectivity index (χ0) is 27.1. The van der Waals surface area contributed by atoms with Gasteiger partial charge in [-0.3, -0.25) is 10.2 Å². The van der Waals surface area contributed by atoms with E-state index in [2.05, 4.69) is 42.5 Å². The monoisotopic (exact) mass is 559 g/mol. The molecule has 0 saturated carbocycles. The van der Waals surface area contributed by atoms with Gasteiger partial charge in [0, 0.05) is 61.2 Å². The number of urea groups is 1. The lowest BCUT2D eigenvalue weighted by atomic mass is 10.2. The first-order chi connectivity index (χ1) is 19.7. The van der Waals surface area contributed by atoms with Crippen LogP contribution < -0.4 is 15.5 Å². The van der Waals surface area contributed by atoms with Gasteiger partial charge in [-0.15, -0.1) is 11.3 Å². The smallest absolute Gasteiger partial charge is 0.326 e. The van der Waals surface area contributed by atoms with Gasteiger partial charge in [-0.05, 0) is 42.5 Å². The Morgan fingerprint density at radius 2 is 1.52 bits per heavy atom. The molecule has 2 saturated heterocycles.